The number of carbonyl (C=O) groups is 1. The van der Waals surface area contributed by atoms with E-state index < -0.39 is 4.92 Å². The number of nitro benzene ring substituents is 1. The Morgan fingerprint density at radius 1 is 1.00 bits per heavy atom. The highest BCUT2D eigenvalue weighted by molar-refractivity contribution is 6.42. The van der Waals surface area contributed by atoms with Gasteiger partial charge in [-0.2, -0.15) is 0 Å². The summed E-state index contributed by atoms with van der Waals surface area (Å²) in [5, 5.41) is 15.4. The summed E-state index contributed by atoms with van der Waals surface area (Å²) < 4.78 is 10.8. The number of fused-ring (bicyclic) bond motifs is 2. The Kier molecular flexibility index (Phi) is 5.97. The topological polar surface area (TPSA) is 90.7 Å². The lowest BCUT2D eigenvalue weighted by atomic mass is 10.0. The highest BCUT2D eigenvalue weighted by atomic mass is 35.5. The molecule has 0 spiro atoms. The molecular weight excluding hydrogens is 443 g/mol. The molecule has 0 radical (unpaired) electrons. The van der Waals surface area contributed by atoms with E-state index in [0.717, 1.165) is 30.4 Å². The van der Waals surface area contributed by atoms with Crippen molar-refractivity contribution in [2.45, 2.75) is 19.3 Å². The summed E-state index contributed by atoms with van der Waals surface area (Å²) in [5.41, 5.74) is 2.95. The van der Waals surface area contributed by atoms with Gasteiger partial charge in [0.05, 0.1) is 32.8 Å². The second kappa shape index (κ2) is 8.83. The fraction of sp³-hybridized carbons (Fsp3) is 0.136. The molecule has 158 valence electrons. The van der Waals surface area contributed by atoms with Crippen LogP contribution in [-0.4, -0.2) is 11.4 Å². The SMILES string of the molecule is O=COc1cc([N+](=O)[O-])cc2c1Nc1ccc(CCCc3ccc(Cl)c(Cl)c3)cc1O2. The van der Waals surface area contributed by atoms with Crippen LogP contribution in [0.1, 0.15) is 17.5 Å². The van der Waals surface area contributed by atoms with E-state index in [9.17, 15) is 14.9 Å². The number of rotatable bonds is 7. The largest absolute Gasteiger partial charge is 0.453 e. The lowest BCUT2D eigenvalue weighted by Crippen LogP contribution is -2.06. The van der Waals surface area contributed by atoms with Gasteiger partial charge in [-0.05, 0) is 54.7 Å². The summed E-state index contributed by atoms with van der Waals surface area (Å²) in [7, 11) is 0. The van der Waals surface area contributed by atoms with Crippen molar-refractivity contribution >= 4 is 46.7 Å². The Hall–Kier alpha value is -3.29. The van der Waals surface area contributed by atoms with E-state index >= 15 is 0 Å². The molecule has 1 aliphatic heterocycles. The van der Waals surface area contributed by atoms with Gasteiger partial charge >= 0.3 is 0 Å². The number of halogens is 2. The van der Waals surface area contributed by atoms with Gasteiger partial charge in [0.2, 0.25) is 0 Å². The molecule has 1 aliphatic rings. The van der Waals surface area contributed by atoms with Gasteiger partial charge < -0.3 is 14.8 Å². The Balaban J connectivity index is 1.50. The lowest BCUT2D eigenvalue weighted by molar-refractivity contribution is -0.385. The predicted octanol–water partition coefficient (Wildman–Crippen LogP) is 6.46. The van der Waals surface area contributed by atoms with E-state index in [-0.39, 0.29) is 23.7 Å². The summed E-state index contributed by atoms with van der Waals surface area (Å²) in [6.07, 6.45) is 2.54. The van der Waals surface area contributed by atoms with E-state index in [1.807, 2.05) is 30.3 Å². The van der Waals surface area contributed by atoms with Crippen LogP contribution in [0.15, 0.2) is 48.5 Å². The quantitative estimate of drug-likeness (QED) is 0.194. The molecule has 0 amide bonds. The third kappa shape index (κ3) is 4.57. The molecule has 0 unspecified atom stereocenters. The molecule has 0 bridgehead atoms. The number of nitro groups is 1. The maximum Gasteiger partial charge on any atom is 0.298 e. The molecule has 0 aliphatic carbocycles. The van der Waals surface area contributed by atoms with Gasteiger partial charge in [-0.1, -0.05) is 35.3 Å². The first-order valence-corrected chi connectivity index (χ1v) is 10.1. The normalized spacial score (nSPS) is 11.5. The summed E-state index contributed by atoms with van der Waals surface area (Å²) in [6, 6.07) is 13.8. The van der Waals surface area contributed by atoms with Gasteiger partial charge in [-0.25, -0.2) is 0 Å². The van der Waals surface area contributed by atoms with Crippen molar-refractivity contribution in [3.8, 4) is 17.2 Å². The van der Waals surface area contributed by atoms with Crippen molar-refractivity contribution in [1.29, 1.82) is 0 Å². The maximum atomic E-state index is 11.2. The molecule has 3 aromatic carbocycles. The average molecular weight is 459 g/mol. The first-order valence-electron chi connectivity index (χ1n) is 9.39. The molecule has 7 nitrogen and oxygen atoms in total. The van der Waals surface area contributed by atoms with Crippen LogP contribution >= 0.6 is 23.2 Å². The highest BCUT2D eigenvalue weighted by Gasteiger charge is 2.25. The first kappa shape index (κ1) is 21.0. The smallest absolute Gasteiger partial charge is 0.298 e. The Morgan fingerprint density at radius 3 is 2.45 bits per heavy atom. The van der Waals surface area contributed by atoms with Crippen LogP contribution < -0.4 is 14.8 Å². The molecule has 31 heavy (non-hydrogen) atoms. The summed E-state index contributed by atoms with van der Waals surface area (Å²) >= 11 is 12.0. The molecule has 0 fully saturated rings. The van der Waals surface area contributed by atoms with Gasteiger partial charge in [0.25, 0.3) is 12.2 Å². The number of anilines is 2. The van der Waals surface area contributed by atoms with Gasteiger partial charge in [0.15, 0.2) is 17.2 Å². The second-order valence-electron chi connectivity index (χ2n) is 6.95. The molecule has 1 heterocycles. The highest BCUT2D eigenvalue weighted by Crippen LogP contribution is 2.48. The molecule has 3 aromatic rings. The van der Waals surface area contributed by atoms with Crippen molar-refractivity contribution in [3.63, 3.8) is 0 Å². The molecule has 1 N–H and O–H groups in total. The number of aryl methyl sites for hydroxylation is 2. The monoisotopic (exact) mass is 458 g/mol. The van der Waals surface area contributed by atoms with Crippen LogP contribution in [-0.2, 0) is 17.6 Å². The molecule has 0 saturated carbocycles. The number of nitrogens with zero attached hydrogens (tertiary/aromatic N) is 1. The third-order valence-electron chi connectivity index (χ3n) is 4.88. The van der Waals surface area contributed by atoms with E-state index in [1.54, 1.807) is 6.07 Å². The van der Waals surface area contributed by atoms with Crippen LogP contribution in [0, 0.1) is 10.1 Å². The van der Waals surface area contributed by atoms with Crippen molar-refractivity contribution in [2.75, 3.05) is 5.32 Å². The van der Waals surface area contributed by atoms with E-state index in [1.165, 1.54) is 12.1 Å². The summed E-state index contributed by atoms with van der Waals surface area (Å²) in [6.45, 7) is 0.216. The van der Waals surface area contributed by atoms with Gasteiger partial charge in [0.1, 0.15) is 5.69 Å². The molecule has 9 heteroatoms. The average Bonchev–Trinajstić information content (AvgIpc) is 2.75. The van der Waals surface area contributed by atoms with Gasteiger partial charge in [0, 0.05) is 0 Å². The van der Waals surface area contributed by atoms with Crippen LogP contribution in [0.3, 0.4) is 0 Å². The predicted molar refractivity (Wildman–Crippen MR) is 118 cm³/mol. The van der Waals surface area contributed by atoms with Crippen LogP contribution in [0.4, 0.5) is 17.1 Å². The summed E-state index contributed by atoms with van der Waals surface area (Å²) in [5.74, 6) is 0.777. The maximum absolute atomic E-state index is 11.2. The molecule has 0 saturated heterocycles. The van der Waals surface area contributed by atoms with Crippen LogP contribution in [0.2, 0.25) is 10.0 Å². The van der Waals surface area contributed by atoms with E-state index in [0.29, 0.717) is 27.2 Å². The van der Waals surface area contributed by atoms with Crippen molar-refractivity contribution in [1.82, 2.24) is 0 Å². The Bertz CT molecular complexity index is 1180. The van der Waals surface area contributed by atoms with Crippen molar-refractivity contribution < 1.29 is 19.2 Å². The number of ether oxygens (including phenoxy) is 2. The number of carbonyl (C=O) groups excluding carboxylic acids is 1. The zero-order valence-corrected chi connectivity index (χ0v) is 17.6. The molecular formula is C22H16Cl2N2O5. The van der Waals surface area contributed by atoms with Gasteiger partial charge in [-0.15, -0.1) is 0 Å². The molecule has 0 atom stereocenters. The number of non-ortho nitro benzene ring substituents is 1. The summed E-state index contributed by atoms with van der Waals surface area (Å²) in [4.78, 5) is 21.4. The number of nitrogens with one attached hydrogen (secondary N) is 1. The Morgan fingerprint density at radius 2 is 1.74 bits per heavy atom. The standard InChI is InChI=1S/C22H16Cl2N2O5/c23-16-6-4-13(8-17(16)24)2-1-3-14-5-7-18-19(9-14)31-21-11-15(26(28)29)10-20(30-12-27)22(21)25-18/h4-12,25H,1-3H2. The second-order valence-corrected chi connectivity index (χ2v) is 7.76. The number of benzene rings is 3. The minimum atomic E-state index is -0.573. The third-order valence-corrected chi connectivity index (χ3v) is 5.62. The molecule has 0 aromatic heterocycles. The van der Waals surface area contributed by atoms with Gasteiger partial charge in [-0.3, -0.25) is 14.9 Å². The lowest BCUT2D eigenvalue weighted by Gasteiger charge is -2.23. The minimum Gasteiger partial charge on any atom is -0.453 e. The fourth-order valence-electron chi connectivity index (χ4n) is 3.38. The van der Waals surface area contributed by atoms with E-state index in [4.69, 9.17) is 32.7 Å². The number of hydrogen-bond donors (Lipinski definition) is 1. The number of hydrogen-bond acceptors (Lipinski definition) is 6. The van der Waals surface area contributed by atoms with Crippen molar-refractivity contribution in [3.05, 3.63) is 79.8 Å². The van der Waals surface area contributed by atoms with Crippen LogP contribution in [0.5, 0.6) is 17.2 Å². The van der Waals surface area contributed by atoms with Crippen molar-refractivity contribution in [2.24, 2.45) is 0 Å². The van der Waals surface area contributed by atoms with Crippen LogP contribution in [0.25, 0.3) is 0 Å². The Labute approximate surface area is 187 Å². The fourth-order valence-corrected chi connectivity index (χ4v) is 3.71. The zero-order valence-electron chi connectivity index (χ0n) is 16.1. The zero-order chi connectivity index (χ0) is 22.0. The first-order chi connectivity index (χ1) is 14.9. The molecule has 4 rings (SSSR count). The van der Waals surface area contributed by atoms with E-state index in [2.05, 4.69) is 5.32 Å². The minimum absolute atomic E-state index is 0.0237.